The van der Waals surface area contributed by atoms with Crippen molar-refractivity contribution in [1.29, 1.82) is 0 Å². The number of likely N-dealkylation sites (tertiary alicyclic amines) is 1. The number of aryl methyl sites for hydroxylation is 2. The summed E-state index contributed by atoms with van der Waals surface area (Å²) >= 11 is 0. The number of nitrogens with zero attached hydrogens (tertiary/aromatic N) is 5. The minimum Gasteiger partial charge on any atom is -0.342 e. The van der Waals surface area contributed by atoms with Gasteiger partial charge in [-0.15, -0.1) is 5.10 Å². The number of halogens is 3. The molecule has 6 nitrogen and oxygen atoms in total. The lowest BCUT2D eigenvalue weighted by Crippen LogP contribution is -2.43. The first-order chi connectivity index (χ1) is 12.1. The summed E-state index contributed by atoms with van der Waals surface area (Å²) in [6, 6.07) is 0. The third kappa shape index (κ3) is 3.52. The summed E-state index contributed by atoms with van der Waals surface area (Å²) in [5, 5.41) is 3.52. The predicted octanol–water partition coefficient (Wildman–Crippen LogP) is 2.81. The van der Waals surface area contributed by atoms with Gasteiger partial charge in [0.05, 0.1) is 6.42 Å². The van der Waals surface area contributed by atoms with Crippen molar-refractivity contribution in [1.82, 2.24) is 24.5 Å². The summed E-state index contributed by atoms with van der Waals surface area (Å²) in [6.07, 6.45) is -3.44. The molecule has 0 spiro atoms. The summed E-state index contributed by atoms with van der Waals surface area (Å²) in [5.41, 5.74) is 1.57. The van der Waals surface area contributed by atoms with Gasteiger partial charge in [-0.2, -0.15) is 18.2 Å². The average Bonchev–Trinajstić information content (AvgIpc) is 2.94. The molecule has 2 atom stereocenters. The quantitative estimate of drug-likeness (QED) is 0.817. The van der Waals surface area contributed by atoms with Crippen LogP contribution in [0.25, 0.3) is 5.78 Å². The Hall–Kier alpha value is -2.19. The molecule has 1 aliphatic rings. The summed E-state index contributed by atoms with van der Waals surface area (Å²) in [5.74, 6) is -0.490. The van der Waals surface area contributed by atoms with Crippen molar-refractivity contribution in [2.24, 2.45) is 11.8 Å². The number of hydrogen-bond donors (Lipinski definition) is 0. The molecule has 0 aliphatic carbocycles. The second-order valence-corrected chi connectivity index (χ2v) is 7.33. The lowest BCUT2D eigenvalue weighted by molar-refractivity contribution is -0.144. The van der Waals surface area contributed by atoms with Crippen LogP contribution in [0.5, 0.6) is 0 Å². The minimum atomic E-state index is -4.63. The van der Waals surface area contributed by atoms with Crippen molar-refractivity contribution in [2.45, 2.75) is 46.7 Å². The van der Waals surface area contributed by atoms with Gasteiger partial charge in [0.2, 0.25) is 5.91 Å². The third-order valence-corrected chi connectivity index (χ3v) is 4.85. The topological polar surface area (TPSA) is 63.4 Å². The van der Waals surface area contributed by atoms with Crippen LogP contribution in [0.3, 0.4) is 0 Å². The standard InChI is InChI=1S/C17H22F3N5O/c1-9-5-10(2)8-24(7-9)14(26)6-13-11(3)21-16-22-15(17(18,19)20)23-25(16)12(13)4/h9-10H,5-8H2,1-4H3. The van der Waals surface area contributed by atoms with Crippen LogP contribution in [0, 0.1) is 25.7 Å². The van der Waals surface area contributed by atoms with Crippen molar-refractivity contribution < 1.29 is 18.0 Å². The Morgan fingerprint density at radius 2 is 1.77 bits per heavy atom. The molecule has 2 unspecified atom stereocenters. The van der Waals surface area contributed by atoms with Crippen LogP contribution >= 0.6 is 0 Å². The van der Waals surface area contributed by atoms with Crippen molar-refractivity contribution >= 4 is 11.7 Å². The van der Waals surface area contributed by atoms with Crippen LogP contribution in [0.2, 0.25) is 0 Å². The molecule has 2 aromatic rings. The molecule has 3 heterocycles. The Balaban J connectivity index is 1.91. The summed E-state index contributed by atoms with van der Waals surface area (Å²) in [7, 11) is 0. The number of carbonyl (C=O) groups is 1. The highest BCUT2D eigenvalue weighted by Gasteiger charge is 2.37. The van der Waals surface area contributed by atoms with Crippen LogP contribution in [0.1, 0.15) is 43.0 Å². The molecule has 0 saturated carbocycles. The maximum absolute atomic E-state index is 12.9. The van der Waals surface area contributed by atoms with Gasteiger partial charge in [0.25, 0.3) is 11.6 Å². The first-order valence-electron chi connectivity index (χ1n) is 8.64. The molecule has 2 aromatic heterocycles. The number of hydrogen-bond acceptors (Lipinski definition) is 4. The van der Waals surface area contributed by atoms with E-state index < -0.39 is 12.0 Å². The van der Waals surface area contributed by atoms with Gasteiger partial charge in [0, 0.05) is 30.0 Å². The van der Waals surface area contributed by atoms with Gasteiger partial charge in [0.15, 0.2) is 0 Å². The van der Waals surface area contributed by atoms with E-state index in [1.165, 1.54) is 0 Å². The van der Waals surface area contributed by atoms with E-state index in [0.717, 1.165) is 10.9 Å². The number of piperidine rings is 1. The molecule has 26 heavy (non-hydrogen) atoms. The Bertz CT molecular complexity index is 835. The first kappa shape index (κ1) is 18.6. The van der Waals surface area contributed by atoms with E-state index in [4.69, 9.17) is 0 Å². The molecule has 0 radical (unpaired) electrons. The molecule has 1 amide bonds. The summed E-state index contributed by atoms with van der Waals surface area (Å²) in [4.78, 5) is 22.1. The van der Waals surface area contributed by atoms with E-state index >= 15 is 0 Å². The number of alkyl halides is 3. The maximum Gasteiger partial charge on any atom is 0.453 e. The Morgan fingerprint density at radius 1 is 1.15 bits per heavy atom. The lowest BCUT2D eigenvalue weighted by Gasteiger charge is -2.35. The van der Waals surface area contributed by atoms with E-state index in [0.29, 0.717) is 41.9 Å². The van der Waals surface area contributed by atoms with E-state index in [1.807, 2.05) is 4.90 Å². The molecule has 0 N–H and O–H groups in total. The van der Waals surface area contributed by atoms with Gasteiger partial charge < -0.3 is 4.90 Å². The Morgan fingerprint density at radius 3 is 2.35 bits per heavy atom. The van der Waals surface area contributed by atoms with E-state index in [1.54, 1.807) is 13.8 Å². The number of fused-ring (bicyclic) bond motifs is 1. The minimum absolute atomic E-state index is 0.0353. The molecule has 1 fully saturated rings. The van der Waals surface area contributed by atoms with E-state index in [9.17, 15) is 18.0 Å². The van der Waals surface area contributed by atoms with E-state index in [2.05, 4.69) is 28.9 Å². The Labute approximate surface area is 149 Å². The number of amides is 1. The highest BCUT2D eigenvalue weighted by molar-refractivity contribution is 5.79. The monoisotopic (exact) mass is 369 g/mol. The molecule has 0 bridgehead atoms. The third-order valence-electron chi connectivity index (χ3n) is 4.85. The van der Waals surface area contributed by atoms with Crippen molar-refractivity contribution in [3.8, 4) is 0 Å². The highest BCUT2D eigenvalue weighted by atomic mass is 19.4. The molecule has 9 heteroatoms. The zero-order valence-electron chi connectivity index (χ0n) is 15.3. The fourth-order valence-corrected chi connectivity index (χ4v) is 3.71. The van der Waals surface area contributed by atoms with Gasteiger partial charge >= 0.3 is 6.18 Å². The molecule has 142 valence electrons. The van der Waals surface area contributed by atoms with Crippen molar-refractivity contribution in [3.63, 3.8) is 0 Å². The van der Waals surface area contributed by atoms with Crippen molar-refractivity contribution in [3.05, 3.63) is 22.8 Å². The predicted molar refractivity (Wildman–Crippen MR) is 88.5 cm³/mol. The molecular formula is C17H22F3N5O. The molecular weight excluding hydrogens is 347 g/mol. The smallest absolute Gasteiger partial charge is 0.342 e. The zero-order chi connectivity index (χ0) is 19.2. The molecule has 1 saturated heterocycles. The molecule has 0 aromatic carbocycles. The molecule has 1 aliphatic heterocycles. The molecule has 3 rings (SSSR count). The fraction of sp³-hybridized carbons (Fsp3) is 0.647. The van der Waals surface area contributed by atoms with E-state index in [-0.39, 0.29) is 18.1 Å². The van der Waals surface area contributed by atoms with Gasteiger partial charge in [0.1, 0.15) is 0 Å². The largest absolute Gasteiger partial charge is 0.453 e. The zero-order valence-corrected chi connectivity index (χ0v) is 15.3. The number of carbonyl (C=O) groups excluding carboxylic acids is 1. The van der Waals surface area contributed by atoms with Gasteiger partial charge in [-0.1, -0.05) is 13.8 Å². The summed E-state index contributed by atoms with van der Waals surface area (Å²) < 4.78 is 39.6. The van der Waals surface area contributed by atoms with Crippen LogP contribution in [0.15, 0.2) is 0 Å². The highest BCUT2D eigenvalue weighted by Crippen LogP contribution is 2.27. The van der Waals surface area contributed by atoms with Gasteiger partial charge in [-0.25, -0.2) is 9.50 Å². The average molecular weight is 369 g/mol. The summed E-state index contributed by atoms with van der Waals surface area (Å²) in [6.45, 7) is 8.97. The van der Waals surface area contributed by atoms with Crippen molar-refractivity contribution in [2.75, 3.05) is 13.1 Å². The van der Waals surface area contributed by atoms with Crippen LogP contribution < -0.4 is 0 Å². The number of aromatic nitrogens is 4. The first-order valence-corrected chi connectivity index (χ1v) is 8.64. The second kappa shape index (κ2) is 6.51. The maximum atomic E-state index is 12.9. The second-order valence-electron chi connectivity index (χ2n) is 7.33. The lowest BCUT2D eigenvalue weighted by atomic mass is 9.91. The normalized spacial score (nSPS) is 21.4. The van der Waals surface area contributed by atoms with Crippen LogP contribution in [-0.4, -0.2) is 43.5 Å². The van der Waals surface area contributed by atoms with Gasteiger partial charge in [-0.05, 0) is 32.1 Å². The fourth-order valence-electron chi connectivity index (χ4n) is 3.71. The van der Waals surface area contributed by atoms with Crippen LogP contribution in [0.4, 0.5) is 13.2 Å². The number of rotatable bonds is 2. The van der Waals surface area contributed by atoms with Crippen LogP contribution in [-0.2, 0) is 17.4 Å². The SMILES string of the molecule is Cc1nc2nc(C(F)(F)F)nn2c(C)c1CC(=O)N1CC(C)CC(C)C1. The van der Waals surface area contributed by atoms with Gasteiger partial charge in [-0.3, -0.25) is 4.79 Å². The Kier molecular flexibility index (Phi) is 4.66.